The first kappa shape index (κ1) is 15.7. The Hall–Kier alpha value is -1.35. The van der Waals surface area contributed by atoms with Gasteiger partial charge in [-0.25, -0.2) is 0 Å². The summed E-state index contributed by atoms with van der Waals surface area (Å²) in [7, 11) is 0. The van der Waals surface area contributed by atoms with Gasteiger partial charge in [0.1, 0.15) is 0 Å². The summed E-state index contributed by atoms with van der Waals surface area (Å²) < 4.78 is 6.36. The molecule has 2 nitrogen and oxygen atoms in total. The molecule has 0 saturated heterocycles. The van der Waals surface area contributed by atoms with Crippen LogP contribution in [0.3, 0.4) is 0 Å². The highest BCUT2D eigenvalue weighted by molar-refractivity contribution is 9.10. The molecule has 0 aromatic heterocycles. The predicted molar refractivity (Wildman–Crippen MR) is 82.7 cm³/mol. The van der Waals surface area contributed by atoms with E-state index in [2.05, 4.69) is 22.5 Å². The van der Waals surface area contributed by atoms with Crippen molar-refractivity contribution in [2.75, 3.05) is 6.61 Å². The van der Waals surface area contributed by atoms with E-state index < -0.39 is 0 Å². The molecule has 0 aliphatic rings. The molecule has 0 unspecified atom stereocenters. The minimum absolute atomic E-state index is 0.149. The number of carbonyl (C=O) groups excluding carboxylic acids is 1. The van der Waals surface area contributed by atoms with Crippen LogP contribution in [0.15, 0.2) is 46.6 Å². The Morgan fingerprint density at radius 2 is 1.95 bits per heavy atom. The van der Waals surface area contributed by atoms with Gasteiger partial charge in [0, 0.05) is 10.0 Å². The van der Waals surface area contributed by atoms with Crippen molar-refractivity contribution in [3.63, 3.8) is 0 Å². The van der Waals surface area contributed by atoms with E-state index in [4.69, 9.17) is 4.74 Å². The summed E-state index contributed by atoms with van der Waals surface area (Å²) in [5.74, 6) is 0.434. The van der Waals surface area contributed by atoms with Gasteiger partial charge in [-0.3, -0.25) is 4.79 Å². The van der Waals surface area contributed by atoms with E-state index in [0.29, 0.717) is 18.1 Å². The second kappa shape index (κ2) is 7.29. The Morgan fingerprint density at radius 1 is 1.37 bits per heavy atom. The summed E-state index contributed by atoms with van der Waals surface area (Å²) in [6.07, 6.45) is 1.83. The summed E-state index contributed by atoms with van der Waals surface area (Å²) in [4.78, 5) is 12.0. The quantitative estimate of drug-likeness (QED) is 0.564. The number of ether oxygens (including phenoxy) is 1. The molecule has 0 spiro atoms. The zero-order valence-electron chi connectivity index (χ0n) is 11.6. The third kappa shape index (κ3) is 5.43. The Morgan fingerprint density at radius 3 is 2.47 bits per heavy atom. The first-order chi connectivity index (χ1) is 8.90. The van der Waals surface area contributed by atoms with Crippen molar-refractivity contribution in [2.45, 2.75) is 20.8 Å². The summed E-state index contributed by atoms with van der Waals surface area (Å²) in [6, 6.07) is 7.76. The average molecular weight is 323 g/mol. The van der Waals surface area contributed by atoms with E-state index in [1.807, 2.05) is 44.2 Å². The van der Waals surface area contributed by atoms with Gasteiger partial charge in [0.2, 0.25) is 5.78 Å². The van der Waals surface area contributed by atoms with E-state index in [9.17, 15) is 4.79 Å². The largest absolute Gasteiger partial charge is 0.490 e. The zero-order chi connectivity index (χ0) is 14.4. The van der Waals surface area contributed by atoms with Gasteiger partial charge in [-0.15, -0.1) is 0 Å². The third-order valence-electron chi connectivity index (χ3n) is 2.46. The maximum Gasteiger partial charge on any atom is 0.222 e. The lowest BCUT2D eigenvalue weighted by Crippen LogP contribution is -2.10. The molecular formula is C16H19BrO2. The van der Waals surface area contributed by atoms with E-state index in [-0.39, 0.29) is 11.5 Å². The highest BCUT2D eigenvalue weighted by Gasteiger charge is 2.11. The molecule has 0 N–H and O–H groups in total. The summed E-state index contributed by atoms with van der Waals surface area (Å²) in [5, 5.41) is 0. The fourth-order valence-corrected chi connectivity index (χ4v) is 1.69. The standard InChI is InChI=1S/C16H19BrO2/c1-11(2)10-19-13(4)16(18)12(3)9-14-5-7-15(17)8-6-14/h5-9,11H,4,10H2,1-3H3/b12-9+. The van der Waals surface area contributed by atoms with E-state index in [1.54, 1.807) is 6.92 Å². The number of allylic oxidation sites excluding steroid dienone is 1. The van der Waals surface area contributed by atoms with Crippen LogP contribution in [0.1, 0.15) is 26.3 Å². The lowest BCUT2D eigenvalue weighted by atomic mass is 10.1. The fourth-order valence-electron chi connectivity index (χ4n) is 1.43. The predicted octanol–water partition coefficient (Wildman–Crippen LogP) is 4.61. The van der Waals surface area contributed by atoms with Gasteiger partial charge < -0.3 is 4.74 Å². The van der Waals surface area contributed by atoms with Crippen LogP contribution in [0, 0.1) is 5.92 Å². The summed E-state index contributed by atoms with van der Waals surface area (Å²) in [5.41, 5.74) is 1.60. The van der Waals surface area contributed by atoms with Gasteiger partial charge in [0.05, 0.1) is 6.61 Å². The molecule has 0 atom stereocenters. The molecule has 1 rings (SSSR count). The van der Waals surface area contributed by atoms with Crippen molar-refractivity contribution in [1.82, 2.24) is 0 Å². The summed E-state index contributed by atoms with van der Waals surface area (Å²) in [6.45, 7) is 10.0. The Labute approximate surface area is 123 Å². The SMILES string of the molecule is C=C(OCC(C)C)C(=O)/C(C)=C/c1ccc(Br)cc1. The topological polar surface area (TPSA) is 26.3 Å². The van der Waals surface area contributed by atoms with Gasteiger partial charge in [0.15, 0.2) is 5.76 Å². The molecule has 0 bridgehead atoms. The van der Waals surface area contributed by atoms with E-state index >= 15 is 0 Å². The van der Waals surface area contributed by atoms with E-state index in [0.717, 1.165) is 10.0 Å². The maximum atomic E-state index is 12.0. The van der Waals surface area contributed by atoms with Crippen molar-refractivity contribution < 1.29 is 9.53 Å². The average Bonchev–Trinajstić information content (AvgIpc) is 2.37. The van der Waals surface area contributed by atoms with Crippen LogP contribution in [-0.2, 0) is 9.53 Å². The first-order valence-electron chi connectivity index (χ1n) is 6.20. The second-order valence-corrected chi connectivity index (χ2v) is 5.75. The highest BCUT2D eigenvalue weighted by atomic mass is 79.9. The smallest absolute Gasteiger partial charge is 0.222 e. The van der Waals surface area contributed by atoms with Crippen LogP contribution in [-0.4, -0.2) is 12.4 Å². The van der Waals surface area contributed by atoms with E-state index in [1.165, 1.54) is 0 Å². The molecule has 102 valence electrons. The van der Waals surface area contributed by atoms with Crippen LogP contribution in [0.2, 0.25) is 0 Å². The van der Waals surface area contributed by atoms with Crippen molar-refractivity contribution in [2.24, 2.45) is 5.92 Å². The summed E-state index contributed by atoms with van der Waals surface area (Å²) >= 11 is 3.38. The van der Waals surface area contributed by atoms with Crippen molar-refractivity contribution in [3.8, 4) is 0 Å². The number of rotatable bonds is 6. The number of ketones is 1. The molecule has 19 heavy (non-hydrogen) atoms. The minimum Gasteiger partial charge on any atom is -0.490 e. The molecule has 3 heteroatoms. The molecule has 0 aliphatic heterocycles. The lowest BCUT2D eigenvalue weighted by molar-refractivity contribution is -0.115. The highest BCUT2D eigenvalue weighted by Crippen LogP contribution is 2.15. The maximum absolute atomic E-state index is 12.0. The van der Waals surface area contributed by atoms with Crippen LogP contribution in [0.4, 0.5) is 0 Å². The molecular weight excluding hydrogens is 304 g/mol. The molecule has 1 aromatic carbocycles. The van der Waals surface area contributed by atoms with Gasteiger partial charge in [-0.2, -0.15) is 0 Å². The number of benzene rings is 1. The first-order valence-corrected chi connectivity index (χ1v) is 6.99. The fraction of sp³-hybridized carbons (Fsp3) is 0.312. The Balaban J connectivity index is 2.70. The zero-order valence-corrected chi connectivity index (χ0v) is 13.2. The van der Waals surface area contributed by atoms with Gasteiger partial charge >= 0.3 is 0 Å². The monoisotopic (exact) mass is 322 g/mol. The minimum atomic E-state index is -0.149. The van der Waals surface area contributed by atoms with Gasteiger partial charge in [-0.05, 0) is 36.6 Å². The number of Topliss-reactive ketones (excluding diaryl/α,β-unsaturated/α-hetero) is 1. The van der Waals surface area contributed by atoms with Gasteiger partial charge in [0.25, 0.3) is 0 Å². The van der Waals surface area contributed by atoms with Crippen LogP contribution < -0.4 is 0 Å². The Kier molecular flexibility index (Phi) is 6.03. The molecule has 0 radical (unpaired) electrons. The van der Waals surface area contributed by atoms with Crippen LogP contribution in [0.5, 0.6) is 0 Å². The number of hydrogen-bond donors (Lipinski definition) is 0. The Bertz CT molecular complexity index is 484. The van der Waals surface area contributed by atoms with Crippen molar-refractivity contribution in [1.29, 1.82) is 0 Å². The molecule has 1 aromatic rings. The molecule has 0 aliphatic carbocycles. The number of halogens is 1. The molecule has 0 fully saturated rings. The molecule has 0 heterocycles. The van der Waals surface area contributed by atoms with Crippen LogP contribution >= 0.6 is 15.9 Å². The third-order valence-corrected chi connectivity index (χ3v) is 2.98. The van der Waals surface area contributed by atoms with Crippen molar-refractivity contribution in [3.05, 3.63) is 52.2 Å². The lowest BCUT2D eigenvalue weighted by Gasteiger charge is -2.10. The normalized spacial score (nSPS) is 11.5. The van der Waals surface area contributed by atoms with Crippen LogP contribution in [0.25, 0.3) is 6.08 Å². The number of hydrogen-bond acceptors (Lipinski definition) is 2. The number of carbonyl (C=O) groups is 1. The second-order valence-electron chi connectivity index (χ2n) is 4.84. The molecule has 0 saturated carbocycles. The van der Waals surface area contributed by atoms with Crippen molar-refractivity contribution >= 4 is 27.8 Å². The van der Waals surface area contributed by atoms with Gasteiger partial charge in [-0.1, -0.05) is 48.5 Å². The molecule has 0 amide bonds.